The predicted molar refractivity (Wildman–Crippen MR) is 350 cm³/mol. The molecule has 1 atom stereocenters. The molecule has 0 aromatic heterocycles. The van der Waals surface area contributed by atoms with Crippen LogP contribution in [-0.2, 0) is 6.42 Å². The van der Waals surface area contributed by atoms with E-state index in [-0.39, 0.29) is 0 Å². The first-order valence-corrected chi connectivity index (χ1v) is 28.8. The minimum atomic E-state index is 0.480. The lowest BCUT2D eigenvalue weighted by molar-refractivity contribution is 0.669. The van der Waals surface area contributed by atoms with E-state index in [9.17, 15) is 0 Å². The smallest absolute Gasteiger partial charge is 0.0398 e. The minimum Gasteiger partial charge on any atom is -0.387 e. The molecule has 2 nitrogen and oxygen atoms in total. The van der Waals surface area contributed by atoms with Gasteiger partial charge in [0.25, 0.3) is 0 Å². The van der Waals surface area contributed by atoms with E-state index in [4.69, 9.17) is 6.58 Å². The number of unbranched alkanes of at least 4 members (excludes halogenated alkanes) is 1. The fraction of sp³-hybridized carbons (Fsp3) is 0.324. The highest BCUT2D eigenvalue weighted by Crippen LogP contribution is 2.33. The van der Waals surface area contributed by atoms with Crippen LogP contribution in [0.4, 0.5) is 5.69 Å². The average molecular weight is 1020 g/mol. The Kier molecular flexibility index (Phi) is 49.6. The molecular formula is C74H104N2. The summed E-state index contributed by atoms with van der Waals surface area (Å²) in [6.45, 7) is 38.9. The Morgan fingerprint density at radius 1 is 0.684 bits per heavy atom. The maximum atomic E-state index is 4.77. The van der Waals surface area contributed by atoms with Gasteiger partial charge in [0.05, 0.1) is 0 Å². The van der Waals surface area contributed by atoms with Crippen molar-refractivity contribution in [3.63, 3.8) is 0 Å². The molecule has 0 aliphatic heterocycles. The maximum Gasteiger partial charge on any atom is 0.0398 e. The topological polar surface area (TPSA) is 24.1 Å². The van der Waals surface area contributed by atoms with Gasteiger partial charge in [0.1, 0.15) is 0 Å². The van der Waals surface area contributed by atoms with Gasteiger partial charge in [0.2, 0.25) is 0 Å². The van der Waals surface area contributed by atoms with Crippen molar-refractivity contribution in [3.05, 3.63) is 289 Å². The summed E-state index contributed by atoms with van der Waals surface area (Å²) in [6, 6.07) is 31.4. The largest absolute Gasteiger partial charge is 0.387 e. The lowest BCUT2D eigenvalue weighted by Crippen LogP contribution is -2.12. The Bertz CT molecular complexity index is 2310. The van der Waals surface area contributed by atoms with Crippen molar-refractivity contribution in [1.29, 1.82) is 0 Å². The van der Waals surface area contributed by atoms with E-state index in [1.807, 2.05) is 116 Å². The third-order valence-corrected chi connectivity index (χ3v) is 11.1. The molecule has 3 aromatic rings. The van der Waals surface area contributed by atoms with Gasteiger partial charge in [-0.15, -0.1) is 0 Å². The lowest BCUT2D eigenvalue weighted by atomic mass is 9.87. The quantitative estimate of drug-likeness (QED) is 0.0653. The van der Waals surface area contributed by atoms with Gasteiger partial charge >= 0.3 is 0 Å². The molecule has 0 fully saturated rings. The normalized spacial score (nSPS) is 13.9. The molecule has 5 rings (SSSR count). The molecule has 2 aliphatic rings. The van der Waals surface area contributed by atoms with Crippen LogP contribution < -0.4 is 10.6 Å². The van der Waals surface area contributed by atoms with Gasteiger partial charge in [-0.1, -0.05) is 303 Å². The predicted octanol–water partition coefficient (Wildman–Crippen LogP) is 22.3. The molecule has 0 saturated heterocycles. The molecule has 0 saturated carbocycles. The number of rotatable bonds is 25. The third kappa shape index (κ3) is 35.3. The number of nitrogens with one attached hydrogen (secondary N) is 2. The number of anilines is 1. The minimum absolute atomic E-state index is 0.480. The van der Waals surface area contributed by atoms with Crippen molar-refractivity contribution >= 4 is 11.3 Å². The molecule has 2 aliphatic carbocycles. The van der Waals surface area contributed by atoms with E-state index in [1.54, 1.807) is 6.08 Å². The highest BCUT2D eigenvalue weighted by Gasteiger charge is 2.15. The Hall–Kier alpha value is -6.90. The highest BCUT2D eigenvalue weighted by molar-refractivity contribution is 5.85. The van der Waals surface area contributed by atoms with E-state index in [1.165, 1.54) is 51.8 Å². The summed E-state index contributed by atoms with van der Waals surface area (Å²) in [5.74, 6) is 0.480. The highest BCUT2D eigenvalue weighted by atomic mass is 14.9. The average Bonchev–Trinajstić information content (AvgIpc) is 4.02. The fourth-order valence-electron chi connectivity index (χ4n) is 7.14. The molecular weight excluding hydrogens is 917 g/mol. The zero-order chi connectivity index (χ0) is 56.7. The standard InChI is InChI=1S/C56H64N2.C6H6.C4H10.4C2H6/c1-6-9-11-21-41-57-45-53(51(8-3)35-22-25-46(4)26-24-42-58-54-36-23-32-50(44-54)31-14-10-7-2)43-47(5)55(39-37-49-29-19-20-30-49)56(52-33-17-13-18-34-52)40-38-48-27-15-12-16-28-48;1-2-4-6-5-3-1;1-3-4-2;4*1-2/h6,8-19,21-27,29-30,32-34,36,39-41,43-44,48,57-58H,1,4-5,7,20,28,31,35,37-38,42,45H2,2-3H3;1-6H;3-4H2,1-2H3;4*1-2H3/b11-9-,14-10-,25-22+,26-24-,41-21-,51-8+,53-43+,55-39-,56-40-;;;;;;/t48-;;;;;;/m1....../s1. The van der Waals surface area contributed by atoms with Crippen molar-refractivity contribution in [3.8, 4) is 0 Å². The second kappa shape index (κ2) is 52.9. The zero-order valence-electron chi connectivity index (χ0n) is 49.8. The number of hydrogen-bond donors (Lipinski definition) is 2. The van der Waals surface area contributed by atoms with Crippen LogP contribution in [0.25, 0.3) is 5.57 Å². The van der Waals surface area contributed by atoms with Gasteiger partial charge in [-0.25, -0.2) is 0 Å². The summed E-state index contributed by atoms with van der Waals surface area (Å²) in [6.07, 6.45) is 56.9. The zero-order valence-corrected chi connectivity index (χ0v) is 49.8. The van der Waals surface area contributed by atoms with Gasteiger partial charge in [0, 0.05) is 18.8 Å². The van der Waals surface area contributed by atoms with Crippen molar-refractivity contribution in [1.82, 2.24) is 5.32 Å². The molecule has 0 bridgehead atoms. The second-order valence-electron chi connectivity index (χ2n) is 16.5. The molecule has 2 N–H and O–H groups in total. The molecule has 0 unspecified atom stereocenters. The monoisotopic (exact) mass is 1020 g/mol. The molecule has 2 heteroatoms. The molecule has 0 spiro atoms. The molecule has 0 amide bonds. The third-order valence-electron chi connectivity index (χ3n) is 11.1. The van der Waals surface area contributed by atoms with E-state index >= 15 is 0 Å². The second-order valence-corrected chi connectivity index (χ2v) is 16.5. The van der Waals surface area contributed by atoms with Crippen molar-refractivity contribution in [2.24, 2.45) is 5.92 Å². The number of allylic oxidation sites excluding steroid dienone is 25. The van der Waals surface area contributed by atoms with Crippen molar-refractivity contribution in [2.45, 2.75) is 141 Å². The molecule has 76 heavy (non-hydrogen) atoms. The van der Waals surface area contributed by atoms with Gasteiger partial charge in [0.15, 0.2) is 0 Å². The summed E-state index contributed by atoms with van der Waals surface area (Å²) >= 11 is 0. The van der Waals surface area contributed by atoms with Crippen LogP contribution in [0, 0.1) is 5.92 Å². The van der Waals surface area contributed by atoms with E-state index in [0.29, 0.717) is 12.5 Å². The fourth-order valence-corrected chi connectivity index (χ4v) is 7.14. The summed E-state index contributed by atoms with van der Waals surface area (Å²) in [7, 11) is 0. The summed E-state index contributed by atoms with van der Waals surface area (Å²) in [5.41, 5.74) is 11.8. The molecule has 0 heterocycles. The molecule has 3 aromatic carbocycles. The Morgan fingerprint density at radius 2 is 1.36 bits per heavy atom. The summed E-state index contributed by atoms with van der Waals surface area (Å²) < 4.78 is 0. The summed E-state index contributed by atoms with van der Waals surface area (Å²) in [4.78, 5) is 0. The van der Waals surface area contributed by atoms with Crippen LogP contribution in [0.15, 0.2) is 278 Å². The van der Waals surface area contributed by atoms with Crippen LogP contribution in [0.2, 0.25) is 0 Å². The van der Waals surface area contributed by atoms with Gasteiger partial charge in [-0.2, -0.15) is 0 Å². The molecule has 0 radical (unpaired) electrons. The van der Waals surface area contributed by atoms with Crippen LogP contribution >= 0.6 is 0 Å². The Balaban J connectivity index is 0. The SMILES string of the molecule is C=C/C=C\C=C/NCC(=C\C(=C)C(=C/CC1=CCC=C1)/C(=C\C[C@@H]1C=CC=CC1)c1ccccc1)/C(=C/C)C/C=C/C(=C)/C=C\CNc1cccc(C/C=C\CC)c1.CC.CC.CC.CC.CCCC.c1ccccc1. The molecule has 410 valence electrons. The van der Waals surface area contributed by atoms with Gasteiger partial charge in [-0.05, 0) is 138 Å². The van der Waals surface area contributed by atoms with Gasteiger partial charge in [-0.3, -0.25) is 0 Å². The number of benzene rings is 3. The Labute approximate surface area is 468 Å². The maximum absolute atomic E-state index is 4.77. The van der Waals surface area contributed by atoms with Crippen molar-refractivity contribution in [2.75, 3.05) is 18.4 Å². The van der Waals surface area contributed by atoms with Crippen LogP contribution in [0.1, 0.15) is 146 Å². The van der Waals surface area contributed by atoms with Gasteiger partial charge < -0.3 is 10.6 Å². The van der Waals surface area contributed by atoms with E-state index < -0.39 is 0 Å². The number of hydrogen-bond acceptors (Lipinski definition) is 2. The van der Waals surface area contributed by atoms with Crippen LogP contribution in [0.3, 0.4) is 0 Å². The first-order chi connectivity index (χ1) is 37.4. The van der Waals surface area contributed by atoms with Crippen LogP contribution in [0.5, 0.6) is 0 Å². The first-order valence-electron chi connectivity index (χ1n) is 28.8. The van der Waals surface area contributed by atoms with Crippen LogP contribution in [-0.4, -0.2) is 13.1 Å². The van der Waals surface area contributed by atoms with E-state index in [0.717, 1.165) is 68.3 Å². The lowest BCUT2D eigenvalue weighted by Gasteiger charge is -2.19. The van der Waals surface area contributed by atoms with Crippen molar-refractivity contribution < 1.29 is 0 Å². The van der Waals surface area contributed by atoms with E-state index in [2.05, 4.69) is 209 Å². The summed E-state index contributed by atoms with van der Waals surface area (Å²) in [5, 5.41) is 7.04. The Morgan fingerprint density at radius 3 is 1.95 bits per heavy atom. The first kappa shape index (κ1) is 71.2.